The molecule has 2 aromatic carbocycles. The van der Waals surface area contributed by atoms with Crippen molar-refractivity contribution in [3.63, 3.8) is 0 Å². The van der Waals surface area contributed by atoms with E-state index in [0.717, 1.165) is 0 Å². The van der Waals surface area contributed by atoms with Crippen LogP contribution in [0.1, 0.15) is 10.4 Å². The van der Waals surface area contributed by atoms with Crippen molar-refractivity contribution < 1.29 is 28.9 Å². The molecule has 1 heterocycles. The van der Waals surface area contributed by atoms with Crippen LogP contribution in [0, 0.1) is 0 Å². The van der Waals surface area contributed by atoms with Gasteiger partial charge in [-0.2, -0.15) is 0 Å². The Morgan fingerprint density at radius 2 is 1.76 bits per heavy atom. The average Bonchev–Trinajstić information content (AvgIpc) is 2.61. The summed E-state index contributed by atoms with van der Waals surface area (Å²) in [6.45, 7) is 0.464. The van der Waals surface area contributed by atoms with Gasteiger partial charge in [0.2, 0.25) is 0 Å². The molecule has 3 rings (SSSR count). The van der Waals surface area contributed by atoms with E-state index < -0.39 is 18.5 Å². The fraction of sp³-hybridized carbons (Fsp3) is 0.176. The third-order valence-corrected chi connectivity index (χ3v) is 4.00. The third kappa shape index (κ3) is 4.21. The number of anilines is 1. The number of ether oxygens (including phenoxy) is 3. The fourth-order valence-electron chi connectivity index (χ4n) is 2.16. The van der Waals surface area contributed by atoms with Gasteiger partial charge in [0.1, 0.15) is 19.0 Å². The molecule has 0 aliphatic carbocycles. The smallest absolute Gasteiger partial charge is 0.338 e. The first-order chi connectivity index (χ1) is 12.0. The fourth-order valence-corrected chi connectivity index (χ4v) is 2.58. The number of phenolic OH excluding ortho intramolecular Hbond substituents is 1. The zero-order chi connectivity index (χ0) is 17.8. The van der Waals surface area contributed by atoms with Crippen LogP contribution in [0.2, 0.25) is 0 Å². The Labute approximate surface area is 151 Å². The summed E-state index contributed by atoms with van der Waals surface area (Å²) in [4.78, 5) is 23.8. The van der Waals surface area contributed by atoms with Gasteiger partial charge in [0, 0.05) is 16.6 Å². The number of carbonyl (C=O) groups excluding carboxylic acids is 2. The van der Waals surface area contributed by atoms with Crippen LogP contribution in [0.25, 0.3) is 0 Å². The number of amides is 1. The molecule has 0 spiro atoms. The second-order valence-electron chi connectivity index (χ2n) is 5.15. The zero-order valence-electron chi connectivity index (χ0n) is 13.0. The Hall–Kier alpha value is -2.74. The summed E-state index contributed by atoms with van der Waals surface area (Å²) in [7, 11) is 0. The molecule has 0 saturated heterocycles. The lowest BCUT2D eigenvalue weighted by atomic mass is 10.2. The topological polar surface area (TPSA) is 94.1 Å². The number of aromatic hydroxyl groups is 1. The zero-order valence-corrected chi connectivity index (χ0v) is 14.5. The minimum absolute atomic E-state index is 0.0396. The summed E-state index contributed by atoms with van der Waals surface area (Å²) in [5.41, 5.74) is 0.723. The third-order valence-electron chi connectivity index (χ3n) is 3.34. The van der Waals surface area contributed by atoms with Crippen LogP contribution in [0.3, 0.4) is 0 Å². The van der Waals surface area contributed by atoms with Crippen LogP contribution in [0.15, 0.2) is 40.9 Å². The van der Waals surface area contributed by atoms with Gasteiger partial charge in [-0.15, -0.1) is 0 Å². The molecule has 0 saturated carbocycles. The van der Waals surface area contributed by atoms with Gasteiger partial charge in [-0.3, -0.25) is 4.79 Å². The highest BCUT2D eigenvalue weighted by atomic mass is 79.9. The monoisotopic (exact) mass is 407 g/mol. The molecule has 0 atom stereocenters. The molecule has 0 aromatic heterocycles. The average molecular weight is 408 g/mol. The molecule has 1 aliphatic rings. The van der Waals surface area contributed by atoms with Crippen molar-refractivity contribution in [1.29, 1.82) is 0 Å². The molecule has 0 fully saturated rings. The van der Waals surface area contributed by atoms with Gasteiger partial charge in [0.05, 0.1) is 11.3 Å². The first-order valence-electron chi connectivity index (χ1n) is 7.38. The number of halogens is 1. The van der Waals surface area contributed by atoms with E-state index in [4.69, 9.17) is 14.2 Å². The molecule has 7 nitrogen and oxygen atoms in total. The van der Waals surface area contributed by atoms with Gasteiger partial charge < -0.3 is 24.6 Å². The highest BCUT2D eigenvalue weighted by Crippen LogP contribution is 2.38. The molecule has 25 heavy (non-hydrogen) atoms. The van der Waals surface area contributed by atoms with Crippen LogP contribution in [-0.4, -0.2) is 36.8 Å². The van der Waals surface area contributed by atoms with Gasteiger partial charge in [0.25, 0.3) is 5.91 Å². The largest absolute Gasteiger partial charge is 0.508 e. The quantitative estimate of drug-likeness (QED) is 0.756. The lowest BCUT2D eigenvalue weighted by molar-refractivity contribution is -0.119. The number of hydrogen-bond acceptors (Lipinski definition) is 6. The molecule has 0 bridgehead atoms. The van der Waals surface area contributed by atoms with Crippen LogP contribution >= 0.6 is 15.9 Å². The molecule has 2 aromatic rings. The van der Waals surface area contributed by atoms with Crippen molar-refractivity contribution in [1.82, 2.24) is 0 Å². The van der Waals surface area contributed by atoms with E-state index in [1.807, 2.05) is 0 Å². The first kappa shape index (κ1) is 17.1. The molecular weight excluding hydrogens is 394 g/mol. The second-order valence-corrected chi connectivity index (χ2v) is 6.00. The van der Waals surface area contributed by atoms with Crippen molar-refractivity contribution in [2.24, 2.45) is 0 Å². The molecule has 0 unspecified atom stereocenters. The maximum atomic E-state index is 12.0. The predicted molar refractivity (Wildman–Crippen MR) is 92.2 cm³/mol. The van der Waals surface area contributed by atoms with Gasteiger partial charge >= 0.3 is 5.97 Å². The Bertz CT molecular complexity index is 806. The van der Waals surface area contributed by atoms with E-state index in [9.17, 15) is 14.7 Å². The number of fused-ring (bicyclic) bond motifs is 1. The van der Waals surface area contributed by atoms with Crippen molar-refractivity contribution in [2.75, 3.05) is 25.1 Å². The maximum absolute atomic E-state index is 12.0. The number of benzene rings is 2. The summed E-state index contributed by atoms with van der Waals surface area (Å²) < 4.78 is 16.5. The molecule has 0 radical (unpaired) electrons. The summed E-state index contributed by atoms with van der Waals surface area (Å²) >= 11 is 3.35. The van der Waals surface area contributed by atoms with E-state index in [-0.39, 0.29) is 11.3 Å². The maximum Gasteiger partial charge on any atom is 0.338 e. The van der Waals surface area contributed by atoms with Gasteiger partial charge in [0.15, 0.2) is 18.1 Å². The minimum atomic E-state index is -0.656. The van der Waals surface area contributed by atoms with E-state index in [2.05, 4.69) is 21.2 Å². The second kappa shape index (κ2) is 7.43. The molecule has 1 aliphatic heterocycles. The highest BCUT2D eigenvalue weighted by Gasteiger charge is 2.17. The Morgan fingerprint density at radius 1 is 1.12 bits per heavy atom. The lowest BCUT2D eigenvalue weighted by Crippen LogP contribution is -2.21. The Balaban J connectivity index is 1.59. The summed E-state index contributed by atoms with van der Waals surface area (Å²) in [6.07, 6.45) is 0. The first-order valence-corrected chi connectivity index (χ1v) is 8.17. The van der Waals surface area contributed by atoms with E-state index in [1.165, 1.54) is 24.3 Å². The van der Waals surface area contributed by atoms with Crippen molar-refractivity contribution in [3.05, 3.63) is 46.4 Å². The van der Waals surface area contributed by atoms with Crippen molar-refractivity contribution in [2.45, 2.75) is 0 Å². The SMILES string of the molecule is O=C(COC(=O)c1ccc(O)cc1)Nc1cc2c(cc1Br)OCCO2. The number of hydrogen-bond donors (Lipinski definition) is 2. The normalized spacial score (nSPS) is 12.4. The Morgan fingerprint density at radius 3 is 2.44 bits per heavy atom. The lowest BCUT2D eigenvalue weighted by Gasteiger charge is -2.20. The van der Waals surface area contributed by atoms with E-state index in [0.29, 0.717) is 34.9 Å². The molecule has 1 amide bonds. The van der Waals surface area contributed by atoms with E-state index in [1.54, 1.807) is 12.1 Å². The molecule has 130 valence electrons. The molecular formula is C17H14BrNO6. The summed E-state index contributed by atoms with van der Waals surface area (Å²) in [5, 5.41) is 11.8. The minimum Gasteiger partial charge on any atom is -0.508 e. The van der Waals surface area contributed by atoms with Gasteiger partial charge in [-0.05, 0) is 40.2 Å². The number of nitrogens with one attached hydrogen (secondary N) is 1. The summed E-state index contributed by atoms with van der Waals surface area (Å²) in [6, 6.07) is 8.89. The van der Waals surface area contributed by atoms with Crippen molar-refractivity contribution in [3.8, 4) is 17.2 Å². The van der Waals surface area contributed by atoms with Crippen LogP contribution in [0.4, 0.5) is 5.69 Å². The number of phenols is 1. The van der Waals surface area contributed by atoms with Gasteiger partial charge in [-0.1, -0.05) is 0 Å². The Kier molecular flexibility index (Phi) is 5.08. The highest BCUT2D eigenvalue weighted by molar-refractivity contribution is 9.10. The van der Waals surface area contributed by atoms with Crippen LogP contribution in [0.5, 0.6) is 17.2 Å². The predicted octanol–water partition coefficient (Wildman–Crippen LogP) is 2.72. The van der Waals surface area contributed by atoms with Crippen molar-refractivity contribution >= 4 is 33.5 Å². The van der Waals surface area contributed by atoms with Gasteiger partial charge in [-0.25, -0.2) is 4.79 Å². The standard InChI is InChI=1S/C17H14BrNO6/c18-12-7-14-15(24-6-5-23-14)8-13(12)19-16(21)9-25-17(22)10-1-3-11(20)4-2-10/h1-4,7-8,20H,5-6,9H2,(H,19,21). The molecule has 2 N–H and O–H groups in total. The van der Waals surface area contributed by atoms with Crippen LogP contribution in [-0.2, 0) is 9.53 Å². The van der Waals surface area contributed by atoms with Crippen LogP contribution < -0.4 is 14.8 Å². The van der Waals surface area contributed by atoms with E-state index >= 15 is 0 Å². The number of rotatable bonds is 4. The molecule has 8 heteroatoms. The number of carbonyl (C=O) groups is 2. The number of esters is 1. The summed E-state index contributed by atoms with van der Waals surface area (Å²) in [5.74, 6) is 0.0133.